The van der Waals surface area contributed by atoms with Crippen molar-refractivity contribution in [1.82, 2.24) is 0 Å². The van der Waals surface area contributed by atoms with Gasteiger partial charge in [0, 0.05) is 10.2 Å². The Morgan fingerprint density at radius 3 is 2.12 bits per heavy atom. The Morgan fingerprint density at radius 2 is 1.71 bits per heavy atom. The zero-order chi connectivity index (χ0) is 12.8. The van der Waals surface area contributed by atoms with Gasteiger partial charge < -0.3 is 0 Å². The predicted molar refractivity (Wildman–Crippen MR) is 61.9 cm³/mol. The molecular formula is C12H3ClN4. The molecule has 5 heteroatoms. The van der Waals surface area contributed by atoms with Gasteiger partial charge in [-0.2, -0.15) is 0 Å². The van der Waals surface area contributed by atoms with E-state index in [1.165, 1.54) is 18.2 Å². The van der Waals surface area contributed by atoms with Crippen molar-refractivity contribution < 1.29 is 0 Å². The van der Waals surface area contributed by atoms with Crippen LogP contribution in [0.15, 0.2) is 18.2 Å². The maximum Gasteiger partial charge on any atom is 0.270 e. The third-order valence-electron chi connectivity index (χ3n) is 1.93. The van der Waals surface area contributed by atoms with Crippen LogP contribution in [-0.2, 0) is 0 Å². The Morgan fingerprint density at radius 1 is 1.12 bits per heavy atom. The Kier molecular flexibility index (Phi) is 3.86. The van der Waals surface area contributed by atoms with E-state index in [0.29, 0.717) is 10.4 Å². The van der Waals surface area contributed by atoms with E-state index in [4.69, 9.17) is 35.3 Å². The van der Waals surface area contributed by atoms with Crippen LogP contribution in [-0.4, -0.2) is 0 Å². The summed E-state index contributed by atoms with van der Waals surface area (Å²) >= 11 is 5.90. The molecule has 1 rings (SSSR count). The van der Waals surface area contributed by atoms with Crippen LogP contribution >= 0.6 is 11.6 Å². The van der Waals surface area contributed by atoms with Gasteiger partial charge in [0.25, 0.3) is 11.4 Å². The molecule has 0 fully saturated rings. The average Bonchev–Trinajstić information content (AvgIpc) is 2.34. The summed E-state index contributed by atoms with van der Waals surface area (Å²) in [5.74, 6) is 0. The number of hydrogen-bond acceptors (Lipinski definition) is 2. The molecule has 0 radical (unpaired) electrons. The quantitative estimate of drug-likeness (QED) is 0.642. The van der Waals surface area contributed by atoms with Crippen molar-refractivity contribution in [2.24, 2.45) is 0 Å². The third-order valence-corrected chi connectivity index (χ3v) is 2.25. The monoisotopic (exact) mass is 238 g/mol. The molecule has 0 saturated heterocycles. The van der Waals surface area contributed by atoms with E-state index in [1.54, 1.807) is 12.1 Å². The molecular weight excluding hydrogens is 236 g/mol. The van der Waals surface area contributed by atoms with Gasteiger partial charge in [0.1, 0.15) is 0 Å². The van der Waals surface area contributed by atoms with Crippen LogP contribution in [0, 0.1) is 35.8 Å². The van der Waals surface area contributed by atoms with E-state index < -0.39 is 0 Å². The fraction of sp³-hybridized carbons (Fsp3) is 0. The first-order chi connectivity index (χ1) is 8.17. The molecule has 0 atom stereocenters. The summed E-state index contributed by atoms with van der Waals surface area (Å²) in [6, 6.07) is 7.82. The molecule has 1 aromatic carbocycles. The maximum absolute atomic E-state index is 8.71. The lowest BCUT2D eigenvalue weighted by Gasteiger charge is -1.94. The van der Waals surface area contributed by atoms with E-state index >= 15 is 0 Å². The lowest BCUT2D eigenvalue weighted by atomic mass is 10.2. The Labute approximate surface area is 103 Å². The molecule has 0 amide bonds. The lowest BCUT2D eigenvalue weighted by molar-refractivity contribution is 1.48. The lowest BCUT2D eigenvalue weighted by Crippen LogP contribution is -2.12. The molecule has 0 aliphatic carbocycles. The highest BCUT2D eigenvalue weighted by molar-refractivity contribution is 6.30. The molecule has 0 unspecified atom stereocenters. The number of benzene rings is 1. The van der Waals surface area contributed by atoms with E-state index in [0.717, 1.165) is 0 Å². The summed E-state index contributed by atoms with van der Waals surface area (Å²) in [6.45, 7) is 13.6. The minimum atomic E-state index is -0.122. The van der Waals surface area contributed by atoms with Crippen molar-refractivity contribution in [3.63, 3.8) is 0 Å². The summed E-state index contributed by atoms with van der Waals surface area (Å²) in [5.41, 5.74) is -0.206. The number of nitrogens with zero attached hydrogens (tertiary/aromatic N) is 4. The zero-order valence-electron chi connectivity index (χ0n) is 8.40. The first-order valence-corrected chi connectivity index (χ1v) is 4.65. The number of nitriles is 2. The smallest absolute Gasteiger partial charge is 0.226 e. The molecule has 0 N–H and O–H groups in total. The highest BCUT2D eigenvalue weighted by Crippen LogP contribution is 2.02. The first kappa shape index (κ1) is 12.3. The van der Waals surface area contributed by atoms with Crippen molar-refractivity contribution in [3.8, 4) is 12.1 Å². The van der Waals surface area contributed by atoms with Gasteiger partial charge in [0.15, 0.2) is 0 Å². The molecule has 17 heavy (non-hydrogen) atoms. The molecule has 4 nitrogen and oxygen atoms in total. The minimum absolute atomic E-state index is 0.0835. The van der Waals surface area contributed by atoms with Crippen molar-refractivity contribution in [1.29, 1.82) is 10.5 Å². The summed E-state index contributed by atoms with van der Waals surface area (Å²) < 4.78 is 0. The van der Waals surface area contributed by atoms with Crippen molar-refractivity contribution in [3.05, 3.63) is 56.5 Å². The Hall–Kier alpha value is -2.79. The molecule has 1 aromatic rings. The van der Waals surface area contributed by atoms with Crippen molar-refractivity contribution in [2.45, 2.75) is 0 Å². The second-order valence-electron chi connectivity index (χ2n) is 2.84. The van der Waals surface area contributed by atoms with Crippen LogP contribution in [0.5, 0.6) is 0 Å². The maximum atomic E-state index is 8.71. The van der Waals surface area contributed by atoms with E-state index in [2.05, 4.69) is 9.69 Å². The Bertz CT molecular complexity index is 716. The van der Waals surface area contributed by atoms with Gasteiger partial charge in [0.05, 0.1) is 25.3 Å². The summed E-state index contributed by atoms with van der Waals surface area (Å²) in [6.07, 6.45) is 0. The van der Waals surface area contributed by atoms with Gasteiger partial charge in [0.2, 0.25) is 0 Å². The minimum Gasteiger partial charge on any atom is -0.226 e. The van der Waals surface area contributed by atoms with E-state index in [9.17, 15) is 0 Å². The third kappa shape index (κ3) is 2.42. The van der Waals surface area contributed by atoms with Crippen LogP contribution in [0.2, 0.25) is 5.02 Å². The summed E-state index contributed by atoms with van der Waals surface area (Å²) in [5, 5.41) is 18.2. The summed E-state index contributed by atoms with van der Waals surface area (Å²) in [4.78, 5) is 6.09. The summed E-state index contributed by atoms with van der Waals surface area (Å²) in [7, 11) is 0. The molecule has 0 aliphatic rings. The van der Waals surface area contributed by atoms with Crippen LogP contribution in [0.1, 0.15) is 0 Å². The standard InChI is InChI=1S/C12H3ClN4/c1-16-11(6-14)8-3-4-9(10(13)5-8)12(7-15)17-2/h3-5H. The van der Waals surface area contributed by atoms with Gasteiger partial charge in [-0.25, -0.2) is 20.2 Å². The van der Waals surface area contributed by atoms with Gasteiger partial charge >= 0.3 is 0 Å². The van der Waals surface area contributed by atoms with Gasteiger partial charge in [-0.05, 0) is 11.3 Å². The molecule has 0 aliphatic heterocycles. The SMILES string of the molecule is [C-]#[N+]C(C#N)=c1ccc(=C(C#N)[N+]#[C-])c(Cl)c1. The van der Waals surface area contributed by atoms with Crippen LogP contribution < -0.4 is 10.4 Å². The normalized spacial score (nSPS) is 12.3. The van der Waals surface area contributed by atoms with Crippen molar-refractivity contribution >= 4 is 23.0 Å². The average molecular weight is 239 g/mol. The predicted octanol–water partition coefficient (Wildman–Crippen LogP) is 1.44. The highest BCUT2D eigenvalue weighted by atomic mass is 35.5. The fourth-order valence-electron chi connectivity index (χ4n) is 1.15. The largest absolute Gasteiger partial charge is 0.270 e. The second-order valence-corrected chi connectivity index (χ2v) is 3.25. The second kappa shape index (κ2) is 5.34. The van der Waals surface area contributed by atoms with Gasteiger partial charge in [-0.15, -0.1) is 0 Å². The topological polar surface area (TPSA) is 56.3 Å². The molecule has 78 valence electrons. The number of hydrogen-bond donors (Lipinski definition) is 0. The van der Waals surface area contributed by atoms with Gasteiger partial charge in [-0.1, -0.05) is 23.7 Å². The molecule has 0 heterocycles. The molecule has 0 bridgehead atoms. The first-order valence-electron chi connectivity index (χ1n) is 4.27. The number of rotatable bonds is 0. The molecule has 0 aromatic heterocycles. The van der Waals surface area contributed by atoms with E-state index in [-0.39, 0.29) is 16.4 Å². The molecule has 0 saturated carbocycles. The van der Waals surface area contributed by atoms with Gasteiger partial charge in [-0.3, -0.25) is 0 Å². The fourth-order valence-corrected chi connectivity index (χ4v) is 1.42. The van der Waals surface area contributed by atoms with Crippen molar-refractivity contribution in [2.75, 3.05) is 0 Å². The number of halogens is 1. The highest BCUT2D eigenvalue weighted by Gasteiger charge is 2.01. The van der Waals surface area contributed by atoms with Crippen LogP contribution in [0.4, 0.5) is 0 Å². The Balaban J connectivity index is 3.78. The van der Waals surface area contributed by atoms with E-state index in [1.807, 2.05) is 0 Å². The zero-order valence-corrected chi connectivity index (χ0v) is 9.15. The molecule has 0 spiro atoms. The van der Waals surface area contributed by atoms with Crippen LogP contribution in [0.3, 0.4) is 0 Å². The van der Waals surface area contributed by atoms with Crippen LogP contribution in [0.25, 0.3) is 21.1 Å².